The summed E-state index contributed by atoms with van der Waals surface area (Å²) < 4.78 is 18.3. The quantitative estimate of drug-likeness (QED) is 0.388. The minimum Gasteiger partial charge on any atom is -0.463 e. The van der Waals surface area contributed by atoms with Crippen LogP contribution in [0.1, 0.15) is 40.5 Å². The first-order chi connectivity index (χ1) is 16.4. The molecular weight excluding hydrogens is 441 g/mol. The zero-order valence-electron chi connectivity index (χ0n) is 18.7. The standard InChI is InChI=1S/C25H26FN3O5/c1-2-34-22(30)10-9-21(15-18-11-12-27-23(18)31)29-25(33)17-6-4-8-20(14-17)28-24(32)16-5-3-7-19(26)13-16/h3-10,13-14,18,21H,2,11-12,15H2,1H3,(H,27,31)(H,28,32)(H,29,33)/b10-9+/t18?,21-/m1/s1. The molecule has 0 saturated carbocycles. The molecule has 9 heteroatoms. The number of ether oxygens (including phenoxy) is 1. The number of carbonyl (C=O) groups is 4. The number of amides is 3. The molecule has 1 unspecified atom stereocenters. The average molecular weight is 467 g/mol. The summed E-state index contributed by atoms with van der Waals surface area (Å²) in [5.41, 5.74) is 0.770. The molecule has 3 N–H and O–H groups in total. The van der Waals surface area contributed by atoms with Crippen LogP contribution in [0.15, 0.2) is 60.7 Å². The number of carbonyl (C=O) groups excluding carboxylic acids is 4. The highest BCUT2D eigenvalue weighted by molar-refractivity contribution is 6.05. The van der Waals surface area contributed by atoms with Crippen LogP contribution in [0.2, 0.25) is 0 Å². The van der Waals surface area contributed by atoms with Gasteiger partial charge >= 0.3 is 5.97 Å². The molecule has 2 aromatic carbocycles. The lowest BCUT2D eigenvalue weighted by molar-refractivity contribution is -0.137. The monoisotopic (exact) mass is 467 g/mol. The lowest BCUT2D eigenvalue weighted by Gasteiger charge is -2.18. The van der Waals surface area contributed by atoms with Gasteiger partial charge in [0.2, 0.25) is 5.91 Å². The third kappa shape index (κ3) is 6.99. The van der Waals surface area contributed by atoms with Gasteiger partial charge in [-0.05, 0) is 56.2 Å². The van der Waals surface area contributed by atoms with Crippen LogP contribution < -0.4 is 16.0 Å². The van der Waals surface area contributed by atoms with Gasteiger partial charge in [-0.15, -0.1) is 0 Å². The van der Waals surface area contributed by atoms with Crippen LogP contribution in [0.5, 0.6) is 0 Å². The van der Waals surface area contributed by atoms with Gasteiger partial charge in [-0.2, -0.15) is 0 Å². The van der Waals surface area contributed by atoms with Crippen LogP contribution in [-0.2, 0) is 14.3 Å². The summed E-state index contributed by atoms with van der Waals surface area (Å²) in [5, 5.41) is 8.22. The number of hydrogen-bond donors (Lipinski definition) is 3. The number of anilines is 1. The number of esters is 1. The van der Waals surface area contributed by atoms with Crippen molar-refractivity contribution >= 4 is 29.4 Å². The third-order valence-corrected chi connectivity index (χ3v) is 5.24. The smallest absolute Gasteiger partial charge is 0.330 e. The molecule has 1 heterocycles. The van der Waals surface area contributed by atoms with Crippen molar-refractivity contribution in [1.29, 1.82) is 0 Å². The van der Waals surface area contributed by atoms with E-state index in [9.17, 15) is 23.6 Å². The Bertz CT molecular complexity index is 1100. The van der Waals surface area contributed by atoms with Gasteiger partial charge in [0.25, 0.3) is 11.8 Å². The highest BCUT2D eigenvalue weighted by atomic mass is 19.1. The maximum atomic E-state index is 13.4. The Morgan fingerprint density at radius 1 is 1.15 bits per heavy atom. The third-order valence-electron chi connectivity index (χ3n) is 5.24. The molecule has 8 nitrogen and oxygen atoms in total. The molecule has 0 bridgehead atoms. The fraction of sp³-hybridized carbons (Fsp3) is 0.280. The molecule has 2 aromatic rings. The maximum Gasteiger partial charge on any atom is 0.330 e. The zero-order chi connectivity index (χ0) is 24.5. The van der Waals surface area contributed by atoms with Crippen molar-refractivity contribution in [2.45, 2.75) is 25.8 Å². The molecule has 34 heavy (non-hydrogen) atoms. The fourth-order valence-electron chi connectivity index (χ4n) is 3.57. The summed E-state index contributed by atoms with van der Waals surface area (Å²) in [6.45, 7) is 2.48. The summed E-state index contributed by atoms with van der Waals surface area (Å²) >= 11 is 0. The average Bonchev–Trinajstić information content (AvgIpc) is 3.22. The summed E-state index contributed by atoms with van der Waals surface area (Å²) in [4.78, 5) is 49.0. The number of nitrogens with one attached hydrogen (secondary N) is 3. The largest absolute Gasteiger partial charge is 0.463 e. The molecule has 0 aromatic heterocycles. The van der Waals surface area contributed by atoms with E-state index in [0.29, 0.717) is 25.1 Å². The number of halogens is 1. The SMILES string of the molecule is CCOC(=O)/C=C/[C@H](CC1CCNC1=O)NC(=O)c1cccc(NC(=O)c2cccc(F)c2)c1. The van der Waals surface area contributed by atoms with Crippen LogP contribution in [0.4, 0.5) is 10.1 Å². The van der Waals surface area contributed by atoms with E-state index in [1.165, 1.54) is 36.4 Å². The highest BCUT2D eigenvalue weighted by Gasteiger charge is 2.27. The van der Waals surface area contributed by atoms with E-state index < -0.39 is 29.6 Å². The van der Waals surface area contributed by atoms with Crippen molar-refractivity contribution in [3.05, 3.63) is 77.6 Å². The highest BCUT2D eigenvalue weighted by Crippen LogP contribution is 2.18. The van der Waals surface area contributed by atoms with Gasteiger partial charge in [-0.25, -0.2) is 9.18 Å². The second kappa shape index (κ2) is 11.7. The second-order valence-corrected chi connectivity index (χ2v) is 7.75. The van der Waals surface area contributed by atoms with Crippen LogP contribution in [0.25, 0.3) is 0 Å². The van der Waals surface area contributed by atoms with Crippen LogP contribution in [-0.4, -0.2) is 42.9 Å². The van der Waals surface area contributed by atoms with Gasteiger partial charge in [0, 0.05) is 41.4 Å². The zero-order valence-corrected chi connectivity index (χ0v) is 18.7. The van der Waals surface area contributed by atoms with Crippen LogP contribution in [0, 0.1) is 11.7 Å². The van der Waals surface area contributed by atoms with Crippen molar-refractivity contribution in [3.63, 3.8) is 0 Å². The molecule has 0 spiro atoms. The van der Waals surface area contributed by atoms with Gasteiger partial charge in [-0.1, -0.05) is 18.2 Å². The van der Waals surface area contributed by atoms with Crippen molar-refractivity contribution in [2.24, 2.45) is 5.92 Å². The topological polar surface area (TPSA) is 114 Å². The predicted octanol–water partition coefficient (Wildman–Crippen LogP) is 2.82. The Balaban J connectivity index is 1.70. The maximum absolute atomic E-state index is 13.4. The normalized spacial score (nSPS) is 16.1. The fourth-order valence-corrected chi connectivity index (χ4v) is 3.57. The first-order valence-corrected chi connectivity index (χ1v) is 11.0. The molecular formula is C25H26FN3O5. The summed E-state index contributed by atoms with van der Waals surface area (Å²) in [5.74, 6) is -2.41. The molecule has 0 radical (unpaired) electrons. The lowest BCUT2D eigenvalue weighted by Crippen LogP contribution is -2.36. The number of rotatable bonds is 9. The van der Waals surface area contributed by atoms with Gasteiger partial charge in [-0.3, -0.25) is 14.4 Å². The van der Waals surface area contributed by atoms with Gasteiger partial charge in [0.15, 0.2) is 0 Å². The van der Waals surface area contributed by atoms with E-state index >= 15 is 0 Å². The Morgan fingerprint density at radius 3 is 2.56 bits per heavy atom. The van der Waals surface area contributed by atoms with Gasteiger partial charge in [0.05, 0.1) is 6.61 Å². The van der Waals surface area contributed by atoms with E-state index in [-0.39, 0.29) is 29.6 Å². The molecule has 2 atom stereocenters. The first-order valence-electron chi connectivity index (χ1n) is 11.0. The molecule has 3 rings (SSSR count). The molecule has 0 aliphatic carbocycles. The van der Waals surface area contributed by atoms with Crippen molar-refractivity contribution in [3.8, 4) is 0 Å². The molecule has 1 fully saturated rings. The number of hydrogen-bond acceptors (Lipinski definition) is 5. The van der Waals surface area contributed by atoms with E-state index in [2.05, 4.69) is 16.0 Å². The molecule has 1 aliphatic rings. The number of benzene rings is 2. The lowest BCUT2D eigenvalue weighted by atomic mass is 9.97. The van der Waals surface area contributed by atoms with Crippen molar-refractivity contribution in [1.82, 2.24) is 10.6 Å². The Labute approximate surface area is 196 Å². The van der Waals surface area contributed by atoms with E-state index in [1.54, 1.807) is 25.1 Å². The molecule has 3 amide bonds. The Morgan fingerprint density at radius 2 is 1.88 bits per heavy atom. The van der Waals surface area contributed by atoms with Crippen LogP contribution >= 0.6 is 0 Å². The van der Waals surface area contributed by atoms with Crippen molar-refractivity contribution in [2.75, 3.05) is 18.5 Å². The Hall–Kier alpha value is -4.01. The van der Waals surface area contributed by atoms with E-state index in [1.807, 2.05) is 0 Å². The predicted molar refractivity (Wildman–Crippen MR) is 124 cm³/mol. The summed E-state index contributed by atoms with van der Waals surface area (Å²) in [6, 6.07) is 10.9. The Kier molecular flexibility index (Phi) is 8.50. The van der Waals surface area contributed by atoms with Crippen molar-refractivity contribution < 1.29 is 28.3 Å². The molecule has 1 aliphatic heterocycles. The second-order valence-electron chi connectivity index (χ2n) is 7.75. The van der Waals surface area contributed by atoms with E-state index in [0.717, 1.165) is 6.07 Å². The first kappa shape index (κ1) is 24.6. The van der Waals surface area contributed by atoms with Gasteiger partial charge in [0.1, 0.15) is 5.82 Å². The molecule has 178 valence electrons. The van der Waals surface area contributed by atoms with Crippen LogP contribution in [0.3, 0.4) is 0 Å². The summed E-state index contributed by atoms with van der Waals surface area (Å²) in [7, 11) is 0. The van der Waals surface area contributed by atoms with E-state index in [4.69, 9.17) is 4.74 Å². The minimum absolute atomic E-state index is 0.0918. The summed E-state index contributed by atoms with van der Waals surface area (Å²) in [6.07, 6.45) is 3.71. The molecule has 1 saturated heterocycles. The van der Waals surface area contributed by atoms with Gasteiger partial charge < -0.3 is 20.7 Å². The minimum atomic E-state index is -0.587.